The molecule has 0 saturated carbocycles. The van der Waals surface area contributed by atoms with Gasteiger partial charge in [0.15, 0.2) is 0 Å². The molecule has 1 aromatic carbocycles. The summed E-state index contributed by atoms with van der Waals surface area (Å²) >= 11 is 5.97. The molecule has 0 aliphatic carbocycles. The fraction of sp³-hybridized carbons (Fsp3) is 0.538. The predicted octanol–water partition coefficient (Wildman–Crippen LogP) is 2.81. The van der Waals surface area contributed by atoms with Crippen LogP contribution in [0.1, 0.15) is 19.8 Å². The van der Waals surface area contributed by atoms with Crippen molar-refractivity contribution >= 4 is 23.0 Å². The lowest BCUT2D eigenvalue weighted by Crippen LogP contribution is -2.47. The maximum atomic E-state index is 11.1. The van der Waals surface area contributed by atoms with E-state index in [0.29, 0.717) is 16.6 Å². The van der Waals surface area contributed by atoms with Crippen molar-refractivity contribution in [2.24, 2.45) is 11.7 Å². The molecule has 1 aliphatic heterocycles. The van der Waals surface area contributed by atoms with Gasteiger partial charge < -0.3 is 10.6 Å². The van der Waals surface area contributed by atoms with Gasteiger partial charge in [-0.15, -0.1) is 0 Å². The van der Waals surface area contributed by atoms with Gasteiger partial charge in [0.1, 0.15) is 5.69 Å². The first-order valence-corrected chi connectivity index (χ1v) is 6.85. The van der Waals surface area contributed by atoms with Gasteiger partial charge in [0.05, 0.1) is 4.92 Å². The summed E-state index contributed by atoms with van der Waals surface area (Å²) in [5, 5.41) is 11.6. The number of hydrogen-bond donors (Lipinski definition) is 1. The molecule has 0 spiro atoms. The van der Waals surface area contributed by atoms with Crippen LogP contribution in [-0.2, 0) is 0 Å². The zero-order valence-electron chi connectivity index (χ0n) is 10.9. The summed E-state index contributed by atoms with van der Waals surface area (Å²) < 4.78 is 0. The van der Waals surface area contributed by atoms with Crippen LogP contribution in [0.2, 0.25) is 5.02 Å². The lowest BCUT2D eigenvalue weighted by atomic mass is 9.90. The molecular formula is C13H18ClN3O2. The van der Waals surface area contributed by atoms with E-state index in [4.69, 9.17) is 17.3 Å². The van der Waals surface area contributed by atoms with Crippen LogP contribution >= 0.6 is 11.6 Å². The smallest absolute Gasteiger partial charge is 0.292 e. The highest BCUT2D eigenvalue weighted by molar-refractivity contribution is 6.31. The minimum absolute atomic E-state index is 0.106. The number of halogens is 1. The van der Waals surface area contributed by atoms with E-state index in [9.17, 15) is 10.1 Å². The first kappa shape index (κ1) is 14.1. The molecule has 2 atom stereocenters. The van der Waals surface area contributed by atoms with E-state index in [1.807, 2.05) is 4.90 Å². The Balaban J connectivity index is 2.31. The van der Waals surface area contributed by atoms with E-state index in [2.05, 4.69) is 6.92 Å². The second-order valence-electron chi connectivity index (χ2n) is 4.96. The first-order valence-electron chi connectivity index (χ1n) is 6.47. The maximum absolute atomic E-state index is 11.1. The first-order chi connectivity index (χ1) is 9.02. The summed E-state index contributed by atoms with van der Waals surface area (Å²) in [4.78, 5) is 12.8. The van der Waals surface area contributed by atoms with Crippen LogP contribution in [0.4, 0.5) is 11.4 Å². The lowest BCUT2D eigenvalue weighted by molar-refractivity contribution is -0.384. The monoisotopic (exact) mass is 283 g/mol. The Morgan fingerprint density at radius 2 is 2.32 bits per heavy atom. The number of nitrogens with zero attached hydrogens (tertiary/aromatic N) is 2. The van der Waals surface area contributed by atoms with Crippen molar-refractivity contribution in [1.82, 2.24) is 0 Å². The van der Waals surface area contributed by atoms with Gasteiger partial charge in [-0.05, 0) is 24.5 Å². The van der Waals surface area contributed by atoms with Gasteiger partial charge in [0, 0.05) is 30.2 Å². The maximum Gasteiger partial charge on any atom is 0.292 e. The van der Waals surface area contributed by atoms with Crippen molar-refractivity contribution in [3.8, 4) is 0 Å². The minimum Gasteiger partial charge on any atom is -0.366 e. The Hall–Kier alpha value is -1.33. The third-order valence-corrected chi connectivity index (χ3v) is 4.03. The third-order valence-electron chi connectivity index (χ3n) is 3.79. The van der Waals surface area contributed by atoms with Crippen molar-refractivity contribution in [3.63, 3.8) is 0 Å². The highest BCUT2D eigenvalue weighted by atomic mass is 35.5. The second-order valence-corrected chi connectivity index (χ2v) is 5.39. The standard InChI is InChI=1S/C13H18ClN3O2/c1-2-9-8-16(6-5-11(9)15)13-7-10(14)3-4-12(13)17(18)19/h3-4,7,9,11H,2,5-6,8,15H2,1H3. The van der Waals surface area contributed by atoms with Gasteiger partial charge in [-0.25, -0.2) is 0 Å². The molecule has 2 unspecified atom stereocenters. The fourth-order valence-electron chi connectivity index (χ4n) is 2.61. The van der Waals surface area contributed by atoms with Crippen LogP contribution in [0, 0.1) is 16.0 Å². The molecule has 5 nitrogen and oxygen atoms in total. The van der Waals surface area contributed by atoms with Crippen molar-refractivity contribution < 1.29 is 4.92 Å². The van der Waals surface area contributed by atoms with E-state index in [0.717, 1.165) is 25.9 Å². The molecule has 0 amide bonds. The molecule has 1 fully saturated rings. The van der Waals surface area contributed by atoms with Crippen LogP contribution < -0.4 is 10.6 Å². The quantitative estimate of drug-likeness (QED) is 0.684. The van der Waals surface area contributed by atoms with Gasteiger partial charge in [-0.2, -0.15) is 0 Å². The van der Waals surface area contributed by atoms with Crippen molar-refractivity contribution in [1.29, 1.82) is 0 Å². The Morgan fingerprint density at radius 1 is 1.58 bits per heavy atom. The Kier molecular flexibility index (Phi) is 4.27. The van der Waals surface area contributed by atoms with Gasteiger partial charge in [-0.1, -0.05) is 24.9 Å². The number of hydrogen-bond acceptors (Lipinski definition) is 4. The largest absolute Gasteiger partial charge is 0.366 e. The van der Waals surface area contributed by atoms with Crippen molar-refractivity contribution in [2.45, 2.75) is 25.8 Å². The summed E-state index contributed by atoms with van der Waals surface area (Å²) in [6, 6.07) is 4.87. The second kappa shape index (κ2) is 5.75. The van der Waals surface area contributed by atoms with E-state index >= 15 is 0 Å². The summed E-state index contributed by atoms with van der Waals surface area (Å²) in [6.45, 7) is 3.58. The molecule has 0 bridgehead atoms. The average molecular weight is 284 g/mol. The number of rotatable bonds is 3. The molecule has 1 saturated heterocycles. The topological polar surface area (TPSA) is 72.4 Å². The van der Waals surface area contributed by atoms with Crippen LogP contribution in [-0.4, -0.2) is 24.1 Å². The van der Waals surface area contributed by atoms with Gasteiger partial charge in [-0.3, -0.25) is 10.1 Å². The molecule has 1 aliphatic rings. The van der Waals surface area contributed by atoms with Crippen LogP contribution in [0.5, 0.6) is 0 Å². The summed E-state index contributed by atoms with van der Waals surface area (Å²) in [5.74, 6) is 0.368. The van der Waals surface area contributed by atoms with Gasteiger partial charge >= 0.3 is 0 Å². The third kappa shape index (κ3) is 2.98. The number of nitrogens with two attached hydrogens (primary N) is 1. The normalized spacial score (nSPS) is 23.4. The molecule has 0 radical (unpaired) electrons. The zero-order chi connectivity index (χ0) is 14.0. The average Bonchev–Trinajstić information content (AvgIpc) is 2.38. The molecule has 2 rings (SSSR count). The van der Waals surface area contributed by atoms with E-state index in [1.54, 1.807) is 12.1 Å². The Morgan fingerprint density at radius 3 is 2.95 bits per heavy atom. The molecular weight excluding hydrogens is 266 g/mol. The fourth-order valence-corrected chi connectivity index (χ4v) is 2.77. The molecule has 104 valence electrons. The molecule has 1 aromatic rings. The number of anilines is 1. The number of piperidine rings is 1. The van der Waals surface area contributed by atoms with E-state index in [1.165, 1.54) is 6.07 Å². The number of nitro groups is 1. The predicted molar refractivity (Wildman–Crippen MR) is 76.7 cm³/mol. The van der Waals surface area contributed by atoms with Gasteiger partial charge in [0.2, 0.25) is 0 Å². The molecule has 19 heavy (non-hydrogen) atoms. The SMILES string of the molecule is CCC1CN(c2cc(Cl)ccc2[N+](=O)[O-])CCC1N. The van der Waals surface area contributed by atoms with Crippen LogP contribution in [0.25, 0.3) is 0 Å². The van der Waals surface area contributed by atoms with Gasteiger partial charge in [0.25, 0.3) is 5.69 Å². The lowest BCUT2D eigenvalue weighted by Gasteiger charge is -2.37. The highest BCUT2D eigenvalue weighted by Gasteiger charge is 2.29. The summed E-state index contributed by atoms with van der Waals surface area (Å²) in [5.41, 5.74) is 6.78. The van der Waals surface area contributed by atoms with Crippen molar-refractivity contribution in [2.75, 3.05) is 18.0 Å². The van der Waals surface area contributed by atoms with Crippen LogP contribution in [0.3, 0.4) is 0 Å². The molecule has 1 heterocycles. The summed E-state index contributed by atoms with van der Waals surface area (Å²) in [7, 11) is 0. The van der Waals surface area contributed by atoms with Crippen LogP contribution in [0.15, 0.2) is 18.2 Å². The van der Waals surface area contributed by atoms with E-state index < -0.39 is 0 Å². The van der Waals surface area contributed by atoms with Crippen molar-refractivity contribution in [3.05, 3.63) is 33.3 Å². The minimum atomic E-state index is -0.360. The molecule has 6 heteroatoms. The Labute approximate surface area is 117 Å². The molecule has 0 aromatic heterocycles. The van der Waals surface area contributed by atoms with E-state index in [-0.39, 0.29) is 16.7 Å². The molecule has 2 N–H and O–H groups in total. The number of nitro benzene ring substituents is 1. The Bertz CT molecular complexity index is 481. The highest BCUT2D eigenvalue weighted by Crippen LogP contribution is 2.34. The zero-order valence-corrected chi connectivity index (χ0v) is 11.6. The summed E-state index contributed by atoms with van der Waals surface area (Å²) in [6.07, 6.45) is 1.83. The number of benzene rings is 1.